The fraction of sp³-hybridized carbons (Fsp3) is 0.435. The molecule has 0 saturated carbocycles. The van der Waals surface area contributed by atoms with Crippen molar-refractivity contribution in [1.82, 2.24) is 15.6 Å². The molecular weight excluding hydrogens is 364 g/mol. The number of H-pyrrole nitrogens is 1. The summed E-state index contributed by atoms with van der Waals surface area (Å²) in [5, 5.41) is 8.14. The van der Waals surface area contributed by atoms with Crippen LogP contribution in [0.1, 0.15) is 30.7 Å². The molecule has 0 spiro atoms. The summed E-state index contributed by atoms with van der Waals surface area (Å²) in [6.45, 7) is 3.14. The van der Waals surface area contributed by atoms with Crippen LogP contribution < -0.4 is 10.6 Å². The van der Waals surface area contributed by atoms with Crippen LogP contribution in [0.25, 0.3) is 10.9 Å². The normalized spacial score (nSPS) is 17.5. The van der Waals surface area contributed by atoms with Crippen LogP contribution in [-0.4, -0.2) is 43.3 Å². The summed E-state index contributed by atoms with van der Waals surface area (Å²) in [7, 11) is 0. The minimum atomic E-state index is 0.237. The van der Waals surface area contributed by atoms with E-state index >= 15 is 0 Å². The second-order valence-corrected chi connectivity index (χ2v) is 7.49. The van der Waals surface area contributed by atoms with Gasteiger partial charge in [-0.15, -0.1) is 0 Å². The van der Waals surface area contributed by atoms with Gasteiger partial charge < -0.3 is 24.8 Å². The number of nitrogens with zero attached hydrogens (tertiary/aromatic N) is 1. The zero-order chi connectivity index (χ0) is 19.7. The number of aromatic nitrogens is 1. The zero-order valence-electron chi connectivity index (χ0n) is 16.8. The second-order valence-electron chi connectivity index (χ2n) is 7.49. The van der Waals surface area contributed by atoms with Crippen LogP contribution in [0.15, 0.2) is 58.1 Å². The third kappa shape index (κ3) is 5.87. The Morgan fingerprint density at radius 2 is 1.97 bits per heavy atom. The number of hydrogen-bond acceptors (Lipinski definition) is 3. The van der Waals surface area contributed by atoms with E-state index in [1.165, 1.54) is 23.0 Å². The number of fused-ring (bicyclic) bond motifs is 1. The molecular formula is C23H30N4O2. The molecule has 0 amide bonds. The summed E-state index contributed by atoms with van der Waals surface area (Å²) in [6.07, 6.45) is 7.18. The Kier molecular flexibility index (Phi) is 6.86. The molecule has 0 bridgehead atoms. The van der Waals surface area contributed by atoms with Crippen LogP contribution in [0.4, 0.5) is 0 Å². The molecule has 0 aliphatic carbocycles. The van der Waals surface area contributed by atoms with Crippen molar-refractivity contribution in [1.29, 1.82) is 0 Å². The van der Waals surface area contributed by atoms with E-state index in [1.54, 1.807) is 6.26 Å². The van der Waals surface area contributed by atoms with Gasteiger partial charge in [-0.3, -0.25) is 4.99 Å². The van der Waals surface area contributed by atoms with Gasteiger partial charge in [-0.05, 0) is 48.9 Å². The quantitative estimate of drug-likeness (QED) is 0.403. The maximum absolute atomic E-state index is 5.82. The first-order chi connectivity index (χ1) is 14.4. The first kappa shape index (κ1) is 19.6. The van der Waals surface area contributed by atoms with E-state index in [-0.39, 0.29) is 6.10 Å². The van der Waals surface area contributed by atoms with Crippen molar-refractivity contribution < 1.29 is 9.15 Å². The first-order valence-corrected chi connectivity index (χ1v) is 10.6. The molecule has 2 aromatic heterocycles. The van der Waals surface area contributed by atoms with Crippen LogP contribution >= 0.6 is 0 Å². The monoisotopic (exact) mass is 394 g/mol. The highest BCUT2D eigenvalue weighted by atomic mass is 16.5. The Bertz CT molecular complexity index is 862. The Morgan fingerprint density at radius 3 is 2.76 bits per heavy atom. The summed E-state index contributed by atoms with van der Waals surface area (Å²) in [5.74, 6) is 1.81. The number of nitrogens with one attached hydrogen (secondary N) is 3. The number of furan rings is 1. The Morgan fingerprint density at radius 1 is 1.07 bits per heavy atom. The molecule has 29 heavy (non-hydrogen) atoms. The van der Waals surface area contributed by atoms with Crippen molar-refractivity contribution in [3.05, 3.63) is 60.2 Å². The number of benzene rings is 1. The van der Waals surface area contributed by atoms with Crippen LogP contribution in [0.3, 0.4) is 0 Å². The molecule has 4 rings (SSSR count). The van der Waals surface area contributed by atoms with E-state index in [2.05, 4.69) is 45.9 Å². The fourth-order valence-corrected chi connectivity index (χ4v) is 3.66. The number of hydrogen-bond donors (Lipinski definition) is 3. The molecule has 1 fully saturated rings. The second kappa shape index (κ2) is 10.2. The smallest absolute Gasteiger partial charge is 0.191 e. The summed E-state index contributed by atoms with van der Waals surface area (Å²) >= 11 is 0. The summed E-state index contributed by atoms with van der Waals surface area (Å²) < 4.78 is 11.2. The van der Waals surface area contributed by atoms with Gasteiger partial charge in [-0.1, -0.05) is 18.2 Å². The van der Waals surface area contributed by atoms with E-state index < -0.39 is 0 Å². The SMILES string of the molecule is c1coc(CCNC(=NCC2CCCCO2)NCCc2cc3ccccc3[nH]2)c1. The van der Waals surface area contributed by atoms with E-state index in [1.807, 2.05) is 12.1 Å². The van der Waals surface area contributed by atoms with Crippen molar-refractivity contribution in [3.63, 3.8) is 0 Å². The van der Waals surface area contributed by atoms with Gasteiger partial charge >= 0.3 is 0 Å². The number of aliphatic imine (C=N–C) groups is 1. The largest absolute Gasteiger partial charge is 0.469 e. The van der Waals surface area contributed by atoms with Gasteiger partial charge in [0, 0.05) is 43.7 Å². The number of aromatic amines is 1. The molecule has 3 heterocycles. The van der Waals surface area contributed by atoms with Crippen molar-refractivity contribution in [2.24, 2.45) is 4.99 Å². The number of guanidine groups is 1. The third-order valence-corrected chi connectivity index (χ3v) is 5.24. The van der Waals surface area contributed by atoms with Crippen molar-refractivity contribution in [3.8, 4) is 0 Å². The van der Waals surface area contributed by atoms with Gasteiger partial charge in [0.15, 0.2) is 5.96 Å². The van der Waals surface area contributed by atoms with E-state index in [0.717, 1.165) is 57.1 Å². The van der Waals surface area contributed by atoms with E-state index in [0.29, 0.717) is 6.54 Å². The lowest BCUT2D eigenvalue weighted by molar-refractivity contribution is 0.0224. The average Bonchev–Trinajstić information content (AvgIpc) is 3.41. The van der Waals surface area contributed by atoms with Crippen LogP contribution in [0.5, 0.6) is 0 Å². The van der Waals surface area contributed by atoms with E-state index in [9.17, 15) is 0 Å². The summed E-state index contributed by atoms with van der Waals surface area (Å²) in [4.78, 5) is 8.25. The van der Waals surface area contributed by atoms with Gasteiger partial charge in [0.05, 0.1) is 18.9 Å². The van der Waals surface area contributed by atoms with Gasteiger partial charge in [0.1, 0.15) is 5.76 Å². The summed E-state index contributed by atoms with van der Waals surface area (Å²) in [5.41, 5.74) is 2.41. The maximum Gasteiger partial charge on any atom is 0.191 e. The maximum atomic E-state index is 5.82. The predicted octanol–water partition coefficient (Wildman–Crippen LogP) is 3.65. The molecule has 154 valence electrons. The van der Waals surface area contributed by atoms with Gasteiger partial charge in [-0.25, -0.2) is 0 Å². The molecule has 1 aliphatic rings. The number of para-hydroxylation sites is 1. The molecule has 1 saturated heterocycles. The molecule has 1 aromatic carbocycles. The average molecular weight is 395 g/mol. The highest BCUT2D eigenvalue weighted by Crippen LogP contribution is 2.15. The first-order valence-electron chi connectivity index (χ1n) is 10.6. The third-order valence-electron chi connectivity index (χ3n) is 5.24. The number of ether oxygens (including phenoxy) is 1. The lowest BCUT2D eigenvalue weighted by Crippen LogP contribution is -2.40. The molecule has 6 nitrogen and oxygen atoms in total. The van der Waals surface area contributed by atoms with Crippen molar-refractivity contribution in [2.45, 2.75) is 38.2 Å². The van der Waals surface area contributed by atoms with Crippen LogP contribution in [0.2, 0.25) is 0 Å². The Balaban J connectivity index is 1.30. The minimum absolute atomic E-state index is 0.237. The highest BCUT2D eigenvalue weighted by molar-refractivity contribution is 5.81. The molecule has 6 heteroatoms. The standard InChI is InChI=1S/C23H30N4O2/c1-2-9-22-18(6-1)16-19(27-22)10-12-24-23(25-13-11-20-8-5-15-28-20)26-17-21-7-3-4-14-29-21/h1-2,5-6,8-9,15-16,21,27H,3-4,7,10-14,17H2,(H2,24,25,26). The fourth-order valence-electron chi connectivity index (χ4n) is 3.66. The van der Waals surface area contributed by atoms with Crippen molar-refractivity contribution >= 4 is 16.9 Å². The highest BCUT2D eigenvalue weighted by Gasteiger charge is 2.13. The molecule has 1 aliphatic heterocycles. The Hall–Kier alpha value is -2.73. The topological polar surface area (TPSA) is 74.6 Å². The Labute approximate surface area is 171 Å². The zero-order valence-corrected chi connectivity index (χ0v) is 16.8. The molecule has 1 atom stereocenters. The number of rotatable bonds is 8. The molecule has 3 N–H and O–H groups in total. The lowest BCUT2D eigenvalue weighted by atomic mass is 10.1. The van der Waals surface area contributed by atoms with Gasteiger partial charge in [0.25, 0.3) is 0 Å². The predicted molar refractivity (Wildman–Crippen MR) is 116 cm³/mol. The lowest BCUT2D eigenvalue weighted by Gasteiger charge is -2.21. The van der Waals surface area contributed by atoms with E-state index in [4.69, 9.17) is 14.1 Å². The van der Waals surface area contributed by atoms with Gasteiger partial charge in [0.2, 0.25) is 0 Å². The van der Waals surface area contributed by atoms with Crippen LogP contribution in [-0.2, 0) is 17.6 Å². The molecule has 1 unspecified atom stereocenters. The van der Waals surface area contributed by atoms with Crippen LogP contribution in [0, 0.1) is 0 Å². The van der Waals surface area contributed by atoms with Gasteiger partial charge in [-0.2, -0.15) is 0 Å². The van der Waals surface area contributed by atoms with Crippen molar-refractivity contribution in [2.75, 3.05) is 26.2 Å². The molecule has 3 aromatic rings. The molecule has 0 radical (unpaired) electrons. The minimum Gasteiger partial charge on any atom is -0.469 e. The summed E-state index contributed by atoms with van der Waals surface area (Å²) in [6, 6.07) is 14.5.